The summed E-state index contributed by atoms with van der Waals surface area (Å²) in [5.41, 5.74) is 2.09. The van der Waals surface area contributed by atoms with E-state index in [1.807, 2.05) is 37.4 Å². The molecular formula is C15H13BrFNO. The van der Waals surface area contributed by atoms with E-state index in [9.17, 15) is 4.39 Å². The van der Waals surface area contributed by atoms with Crippen LogP contribution in [0.4, 0.5) is 10.1 Å². The Labute approximate surface area is 119 Å². The quantitative estimate of drug-likeness (QED) is 0.782. The lowest BCUT2D eigenvalue weighted by atomic mass is 10.0. The molecule has 0 bridgehead atoms. The Balaban J connectivity index is 1.96. The van der Waals surface area contributed by atoms with Gasteiger partial charge in [-0.15, -0.1) is 0 Å². The van der Waals surface area contributed by atoms with Crippen LogP contribution in [0.1, 0.15) is 11.6 Å². The number of benzene rings is 2. The summed E-state index contributed by atoms with van der Waals surface area (Å²) in [7, 11) is 2.03. The van der Waals surface area contributed by atoms with Gasteiger partial charge in [-0.25, -0.2) is 4.39 Å². The molecule has 2 aromatic rings. The molecule has 0 fully saturated rings. The third-order valence-electron chi connectivity index (χ3n) is 3.42. The largest absolute Gasteiger partial charge is 0.489 e. The van der Waals surface area contributed by atoms with Crippen molar-refractivity contribution in [2.75, 3.05) is 18.6 Å². The number of nitrogens with zero attached hydrogens (tertiary/aromatic N) is 1. The molecule has 3 rings (SSSR count). The molecule has 2 nitrogen and oxygen atoms in total. The summed E-state index contributed by atoms with van der Waals surface area (Å²) in [6.45, 7) is 0.566. The van der Waals surface area contributed by atoms with E-state index in [4.69, 9.17) is 4.74 Å². The van der Waals surface area contributed by atoms with Crippen molar-refractivity contribution in [3.8, 4) is 5.75 Å². The Morgan fingerprint density at radius 1 is 1.21 bits per heavy atom. The number of hydrogen-bond acceptors (Lipinski definition) is 2. The first-order valence-corrected chi connectivity index (χ1v) is 6.85. The molecule has 0 saturated carbocycles. The lowest BCUT2D eigenvalue weighted by molar-refractivity contribution is 0.268. The highest BCUT2D eigenvalue weighted by Gasteiger charge is 2.26. The summed E-state index contributed by atoms with van der Waals surface area (Å²) in [6.07, 6.45) is 0. The monoisotopic (exact) mass is 321 g/mol. The van der Waals surface area contributed by atoms with Crippen molar-refractivity contribution in [3.63, 3.8) is 0 Å². The van der Waals surface area contributed by atoms with Crippen LogP contribution in [0.15, 0.2) is 46.9 Å². The first-order chi connectivity index (χ1) is 9.15. The number of hydrogen-bond donors (Lipinski definition) is 0. The second-order valence-electron chi connectivity index (χ2n) is 4.60. The molecule has 0 saturated heterocycles. The Morgan fingerprint density at radius 3 is 2.68 bits per heavy atom. The highest BCUT2D eigenvalue weighted by atomic mass is 79.9. The Hall–Kier alpha value is -1.55. The third-order valence-corrected chi connectivity index (χ3v) is 3.91. The molecule has 1 unspecified atom stereocenters. The van der Waals surface area contributed by atoms with Crippen LogP contribution >= 0.6 is 15.9 Å². The number of rotatable bonds is 1. The van der Waals surface area contributed by atoms with Crippen LogP contribution in [0.5, 0.6) is 5.75 Å². The second kappa shape index (κ2) is 4.85. The van der Waals surface area contributed by atoms with Crippen LogP contribution in [0.3, 0.4) is 0 Å². The maximum absolute atomic E-state index is 13.0. The highest BCUT2D eigenvalue weighted by molar-refractivity contribution is 9.10. The molecular weight excluding hydrogens is 309 g/mol. The summed E-state index contributed by atoms with van der Waals surface area (Å²) in [6, 6.07) is 12.6. The Kier molecular flexibility index (Phi) is 3.19. The highest BCUT2D eigenvalue weighted by Crippen LogP contribution is 2.39. The van der Waals surface area contributed by atoms with Crippen molar-refractivity contribution < 1.29 is 9.13 Å². The van der Waals surface area contributed by atoms with E-state index in [0.717, 1.165) is 21.5 Å². The van der Waals surface area contributed by atoms with Crippen molar-refractivity contribution in [3.05, 3.63) is 58.3 Å². The van der Waals surface area contributed by atoms with Crippen molar-refractivity contribution in [2.45, 2.75) is 6.04 Å². The predicted molar refractivity (Wildman–Crippen MR) is 77.2 cm³/mol. The van der Waals surface area contributed by atoms with Crippen molar-refractivity contribution in [1.82, 2.24) is 0 Å². The zero-order valence-electron chi connectivity index (χ0n) is 10.4. The van der Waals surface area contributed by atoms with Gasteiger partial charge in [0.1, 0.15) is 18.2 Å². The fourth-order valence-corrected chi connectivity index (χ4v) is 2.69. The molecule has 0 N–H and O–H groups in total. The minimum absolute atomic E-state index is 0.0994. The third kappa shape index (κ3) is 2.32. The van der Waals surface area contributed by atoms with Crippen LogP contribution in [-0.2, 0) is 0 Å². The SMILES string of the molecule is CN1c2cc(Br)ccc2OCC1c1ccc(F)cc1. The fourth-order valence-electron chi connectivity index (χ4n) is 2.34. The van der Waals surface area contributed by atoms with Gasteiger partial charge in [-0.3, -0.25) is 0 Å². The normalized spacial score (nSPS) is 17.8. The molecule has 0 aliphatic carbocycles. The van der Waals surface area contributed by atoms with Gasteiger partial charge in [0.2, 0.25) is 0 Å². The summed E-state index contributed by atoms with van der Waals surface area (Å²) in [5.74, 6) is 0.662. The van der Waals surface area contributed by atoms with Gasteiger partial charge in [-0.1, -0.05) is 28.1 Å². The summed E-state index contributed by atoms with van der Waals surface area (Å²) in [5, 5.41) is 0. The molecule has 2 aromatic carbocycles. The Bertz CT molecular complexity index is 600. The van der Waals surface area contributed by atoms with Gasteiger partial charge in [0.25, 0.3) is 0 Å². The van der Waals surface area contributed by atoms with Crippen LogP contribution < -0.4 is 9.64 Å². The van der Waals surface area contributed by atoms with Crippen LogP contribution in [-0.4, -0.2) is 13.7 Å². The lowest BCUT2D eigenvalue weighted by Crippen LogP contribution is -2.33. The number of halogens is 2. The number of anilines is 1. The molecule has 1 atom stereocenters. The molecule has 1 aliphatic rings. The van der Waals surface area contributed by atoms with Crippen LogP contribution in [0.2, 0.25) is 0 Å². The fraction of sp³-hybridized carbons (Fsp3) is 0.200. The van der Waals surface area contributed by atoms with Gasteiger partial charge in [0, 0.05) is 11.5 Å². The van der Waals surface area contributed by atoms with Gasteiger partial charge in [-0.2, -0.15) is 0 Å². The maximum atomic E-state index is 13.0. The summed E-state index contributed by atoms with van der Waals surface area (Å²) >= 11 is 3.47. The van der Waals surface area contributed by atoms with Crippen molar-refractivity contribution in [1.29, 1.82) is 0 Å². The van der Waals surface area contributed by atoms with E-state index >= 15 is 0 Å². The molecule has 4 heteroatoms. The minimum Gasteiger partial charge on any atom is -0.489 e. The maximum Gasteiger partial charge on any atom is 0.142 e. The van der Waals surface area contributed by atoms with Gasteiger partial charge in [0.15, 0.2) is 0 Å². The smallest absolute Gasteiger partial charge is 0.142 e. The Morgan fingerprint density at radius 2 is 1.95 bits per heavy atom. The molecule has 1 heterocycles. The topological polar surface area (TPSA) is 12.5 Å². The molecule has 1 aliphatic heterocycles. The summed E-state index contributed by atoms with van der Waals surface area (Å²) < 4.78 is 19.8. The summed E-state index contributed by atoms with van der Waals surface area (Å²) in [4.78, 5) is 2.16. The van der Waals surface area contributed by atoms with E-state index in [1.54, 1.807) is 0 Å². The van der Waals surface area contributed by atoms with E-state index in [2.05, 4.69) is 20.8 Å². The average molecular weight is 322 g/mol. The average Bonchev–Trinajstić information content (AvgIpc) is 2.41. The van der Waals surface area contributed by atoms with Gasteiger partial charge < -0.3 is 9.64 Å². The van der Waals surface area contributed by atoms with Crippen LogP contribution in [0, 0.1) is 5.82 Å². The zero-order chi connectivity index (χ0) is 13.4. The molecule has 0 aromatic heterocycles. The molecule has 98 valence electrons. The number of likely N-dealkylation sites (N-methyl/N-ethyl adjacent to an activating group) is 1. The van der Waals surface area contributed by atoms with E-state index in [1.165, 1.54) is 12.1 Å². The standard InChI is InChI=1S/C15H13BrFNO/c1-18-13-8-11(16)4-7-15(13)19-9-14(18)10-2-5-12(17)6-3-10/h2-8,14H,9H2,1H3. The number of fused-ring (bicyclic) bond motifs is 1. The lowest BCUT2D eigenvalue weighted by Gasteiger charge is -2.36. The molecule has 19 heavy (non-hydrogen) atoms. The zero-order valence-corrected chi connectivity index (χ0v) is 12.0. The van der Waals surface area contributed by atoms with Crippen LogP contribution in [0.25, 0.3) is 0 Å². The molecule has 0 radical (unpaired) electrons. The van der Waals surface area contributed by atoms with E-state index < -0.39 is 0 Å². The first-order valence-electron chi connectivity index (χ1n) is 6.06. The minimum atomic E-state index is -0.216. The van der Waals surface area contributed by atoms with E-state index in [-0.39, 0.29) is 11.9 Å². The molecule has 0 spiro atoms. The first kappa shape index (κ1) is 12.5. The number of ether oxygens (including phenoxy) is 1. The van der Waals surface area contributed by atoms with Gasteiger partial charge >= 0.3 is 0 Å². The predicted octanol–water partition coefficient (Wildman–Crippen LogP) is 4.16. The second-order valence-corrected chi connectivity index (χ2v) is 5.52. The van der Waals surface area contributed by atoms with Crippen molar-refractivity contribution in [2.24, 2.45) is 0 Å². The van der Waals surface area contributed by atoms with Gasteiger partial charge in [-0.05, 0) is 35.9 Å². The molecule has 0 amide bonds. The van der Waals surface area contributed by atoms with Crippen molar-refractivity contribution >= 4 is 21.6 Å². The van der Waals surface area contributed by atoms with E-state index in [0.29, 0.717) is 6.61 Å². The van der Waals surface area contributed by atoms with Gasteiger partial charge in [0.05, 0.1) is 11.7 Å².